The Hall–Kier alpha value is -1.60. The van der Waals surface area contributed by atoms with Gasteiger partial charge in [-0.05, 0) is 55.7 Å². The third-order valence-corrected chi connectivity index (χ3v) is 6.21. The molecule has 3 rings (SSSR count). The molecule has 132 valence electrons. The van der Waals surface area contributed by atoms with Crippen molar-refractivity contribution in [3.8, 4) is 0 Å². The Morgan fingerprint density at radius 2 is 2.12 bits per heavy atom. The molecule has 1 heterocycles. The summed E-state index contributed by atoms with van der Waals surface area (Å²) < 4.78 is 25.1. The summed E-state index contributed by atoms with van der Waals surface area (Å²) in [4.78, 5) is 4.39. The molecule has 0 saturated carbocycles. The number of hydrogen-bond acceptors (Lipinski definition) is 3. The molecule has 1 atom stereocenters. The molecule has 1 saturated heterocycles. The van der Waals surface area contributed by atoms with E-state index in [1.165, 1.54) is 34.5 Å². The number of nitrogens with two attached hydrogens (primary N) is 1. The summed E-state index contributed by atoms with van der Waals surface area (Å²) in [7, 11) is -3.17. The van der Waals surface area contributed by atoms with Crippen LogP contribution < -0.4 is 11.1 Å². The molecule has 0 bridgehead atoms. The Labute approximate surface area is 144 Å². The van der Waals surface area contributed by atoms with Gasteiger partial charge in [-0.15, -0.1) is 0 Å². The molecule has 0 spiro atoms. The number of rotatable bonds is 4. The first kappa shape index (κ1) is 17.2. The number of aryl methyl sites for hydroxylation is 1. The second kappa shape index (κ2) is 7.11. The predicted octanol–water partition coefficient (Wildman–Crippen LogP) is 1.72. The summed E-state index contributed by atoms with van der Waals surface area (Å²) in [5.74, 6) is 0.356. The number of nitrogens with zero attached hydrogens (tertiary/aromatic N) is 2. The van der Waals surface area contributed by atoms with Crippen LogP contribution in [0.3, 0.4) is 0 Å². The number of guanidine groups is 1. The summed E-state index contributed by atoms with van der Waals surface area (Å²) in [6.07, 6.45) is 7.60. The zero-order valence-electron chi connectivity index (χ0n) is 14.2. The van der Waals surface area contributed by atoms with Crippen molar-refractivity contribution in [3.05, 3.63) is 29.3 Å². The first-order valence-corrected chi connectivity index (χ1v) is 10.4. The molecule has 0 unspecified atom stereocenters. The van der Waals surface area contributed by atoms with Gasteiger partial charge in [0.05, 0.1) is 12.8 Å². The van der Waals surface area contributed by atoms with E-state index in [4.69, 9.17) is 5.73 Å². The molecule has 1 aromatic rings. The van der Waals surface area contributed by atoms with Crippen molar-refractivity contribution in [3.63, 3.8) is 0 Å². The van der Waals surface area contributed by atoms with Crippen LogP contribution in [0.15, 0.2) is 23.2 Å². The van der Waals surface area contributed by atoms with Gasteiger partial charge in [0.25, 0.3) is 0 Å². The van der Waals surface area contributed by atoms with E-state index in [1.54, 1.807) is 0 Å². The van der Waals surface area contributed by atoms with Crippen LogP contribution in [0.4, 0.5) is 5.69 Å². The van der Waals surface area contributed by atoms with Crippen LogP contribution in [-0.2, 0) is 22.9 Å². The zero-order chi connectivity index (χ0) is 17.2. The Morgan fingerprint density at radius 3 is 2.92 bits per heavy atom. The van der Waals surface area contributed by atoms with Gasteiger partial charge in [-0.1, -0.05) is 12.1 Å². The highest BCUT2D eigenvalue weighted by atomic mass is 32.2. The number of hydrogen-bond donors (Lipinski definition) is 2. The fraction of sp³-hybridized carbons (Fsp3) is 0.588. The van der Waals surface area contributed by atoms with Gasteiger partial charge in [0.1, 0.15) is 0 Å². The van der Waals surface area contributed by atoms with Crippen LogP contribution in [0.5, 0.6) is 0 Å². The van der Waals surface area contributed by atoms with E-state index in [-0.39, 0.29) is 6.04 Å². The summed E-state index contributed by atoms with van der Waals surface area (Å²) in [5.41, 5.74) is 9.79. The number of nitrogens with one attached hydrogen (secondary N) is 1. The molecule has 1 aliphatic heterocycles. The van der Waals surface area contributed by atoms with Crippen molar-refractivity contribution < 1.29 is 8.42 Å². The Kier molecular flexibility index (Phi) is 5.10. The lowest BCUT2D eigenvalue weighted by Crippen LogP contribution is -2.37. The van der Waals surface area contributed by atoms with Crippen molar-refractivity contribution in [1.82, 2.24) is 4.31 Å². The zero-order valence-corrected chi connectivity index (χ0v) is 15.0. The number of benzene rings is 1. The third-order valence-electron chi connectivity index (χ3n) is 4.88. The average Bonchev–Trinajstić information content (AvgIpc) is 3.02. The minimum atomic E-state index is -3.17. The molecular weight excluding hydrogens is 324 g/mol. The van der Waals surface area contributed by atoms with Crippen LogP contribution in [-0.4, -0.2) is 44.1 Å². The van der Waals surface area contributed by atoms with E-state index in [9.17, 15) is 8.42 Å². The van der Waals surface area contributed by atoms with Crippen molar-refractivity contribution in [2.45, 2.75) is 44.6 Å². The van der Waals surface area contributed by atoms with Gasteiger partial charge in [-0.25, -0.2) is 8.42 Å². The van der Waals surface area contributed by atoms with E-state index < -0.39 is 10.0 Å². The Balaban J connectivity index is 1.67. The van der Waals surface area contributed by atoms with Gasteiger partial charge in [-0.3, -0.25) is 4.99 Å². The summed E-state index contributed by atoms with van der Waals surface area (Å²) in [5, 5.41) is 3.21. The molecule has 7 heteroatoms. The van der Waals surface area contributed by atoms with Crippen LogP contribution in [0.25, 0.3) is 0 Å². The smallest absolute Gasteiger partial charge is 0.211 e. The van der Waals surface area contributed by atoms with Gasteiger partial charge in [0, 0.05) is 18.3 Å². The molecule has 3 N–H and O–H groups in total. The topological polar surface area (TPSA) is 87.8 Å². The molecular formula is C17H26N4O2S. The van der Waals surface area contributed by atoms with Crippen molar-refractivity contribution in [2.75, 3.05) is 24.7 Å². The van der Waals surface area contributed by atoms with Gasteiger partial charge < -0.3 is 11.1 Å². The summed E-state index contributed by atoms with van der Waals surface area (Å²) in [6, 6.07) is 6.17. The molecule has 2 aliphatic rings. The fourth-order valence-corrected chi connectivity index (χ4v) is 4.88. The lowest BCUT2D eigenvalue weighted by Gasteiger charge is -2.21. The number of fused-ring (bicyclic) bond motifs is 1. The van der Waals surface area contributed by atoms with Crippen molar-refractivity contribution >= 4 is 21.7 Å². The Morgan fingerprint density at radius 1 is 1.33 bits per heavy atom. The van der Waals surface area contributed by atoms with Gasteiger partial charge >= 0.3 is 0 Å². The van der Waals surface area contributed by atoms with E-state index >= 15 is 0 Å². The van der Waals surface area contributed by atoms with Gasteiger partial charge in [0.2, 0.25) is 10.0 Å². The fourth-order valence-electron chi connectivity index (χ4n) is 3.71. The molecule has 1 aromatic carbocycles. The minimum Gasteiger partial charge on any atom is -0.370 e. The average molecular weight is 350 g/mol. The second-order valence-corrected chi connectivity index (χ2v) is 8.61. The lowest BCUT2D eigenvalue weighted by atomic mass is 9.90. The quantitative estimate of drug-likeness (QED) is 0.639. The van der Waals surface area contributed by atoms with Crippen molar-refractivity contribution in [2.24, 2.45) is 10.7 Å². The van der Waals surface area contributed by atoms with Crippen LogP contribution >= 0.6 is 0 Å². The predicted molar refractivity (Wildman–Crippen MR) is 97.8 cm³/mol. The maximum Gasteiger partial charge on any atom is 0.211 e. The van der Waals surface area contributed by atoms with E-state index in [0.29, 0.717) is 19.0 Å². The third kappa shape index (κ3) is 3.89. The van der Waals surface area contributed by atoms with Gasteiger partial charge in [0.15, 0.2) is 5.96 Å². The van der Waals surface area contributed by atoms with Gasteiger partial charge in [-0.2, -0.15) is 4.31 Å². The second-order valence-electron chi connectivity index (χ2n) is 6.67. The number of anilines is 1. The van der Waals surface area contributed by atoms with Crippen LogP contribution in [0.1, 0.15) is 36.8 Å². The molecule has 1 fully saturated rings. The largest absolute Gasteiger partial charge is 0.370 e. The minimum absolute atomic E-state index is 0.0787. The highest BCUT2D eigenvalue weighted by Gasteiger charge is 2.31. The molecule has 0 aromatic heterocycles. The van der Waals surface area contributed by atoms with Crippen LogP contribution in [0, 0.1) is 0 Å². The first-order chi connectivity index (χ1) is 11.4. The number of sulfonamides is 1. The summed E-state index contributed by atoms with van der Waals surface area (Å²) >= 11 is 0. The highest BCUT2D eigenvalue weighted by Crippen LogP contribution is 2.27. The SMILES string of the molecule is CS(=O)(=O)N1CCC[C@@H]1CN=C(N)Nc1cccc2c1CCCC2. The Bertz CT molecular complexity index is 730. The first-order valence-electron chi connectivity index (χ1n) is 8.59. The standard InChI is InChI=1S/C17H26N4O2S/c1-24(22,23)21-11-5-8-14(21)12-19-17(18)20-16-10-4-7-13-6-2-3-9-15(13)16/h4,7,10,14H,2-3,5-6,8-9,11-12H2,1H3,(H3,18,19,20)/t14-/m1/s1. The van der Waals surface area contributed by atoms with Crippen molar-refractivity contribution in [1.29, 1.82) is 0 Å². The maximum absolute atomic E-state index is 11.8. The lowest BCUT2D eigenvalue weighted by molar-refractivity contribution is 0.397. The van der Waals surface area contributed by atoms with E-state index in [1.807, 2.05) is 12.1 Å². The molecule has 6 nitrogen and oxygen atoms in total. The normalized spacial score (nSPS) is 22.4. The monoisotopic (exact) mass is 350 g/mol. The maximum atomic E-state index is 11.8. The molecule has 0 radical (unpaired) electrons. The number of aliphatic imine (C=N–C) groups is 1. The van der Waals surface area contributed by atoms with Crippen LogP contribution in [0.2, 0.25) is 0 Å². The molecule has 1 aliphatic carbocycles. The van der Waals surface area contributed by atoms with E-state index in [2.05, 4.69) is 16.4 Å². The highest BCUT2D eigenvalue weighted by molar-refractivity contribution is 7.88. The summed E-state index contributed by atoms with van der Waals surface area (Å²) in [6.45, 7) is 0.986. The van der Waals surface area contributed by atoms with E-state index in [0.717, 1.165) is 31.4 Å². The molecule has 24 heavy (non-hydrogen) atoms. The molecule has 0 amide bonds.